The number of fused-ring (bicyclic) bond motifs is 1. The molecular formula is C21H18F3N5O4. The predicted octanol–water partition coefficient (Wildman–Crippen LogP) is 3.68. The Bertz CT molecular complexity index is 1200. The Hall–Kier alpha value is -3.96. The number of nitrogens with zero attached hydrogens (tertiary/aromatic N) is 4. The van der Waals surface area contributed by atoms with Crippen LogP contribution in [0.2, 0.25) is 0 Å². The van der Waals surface area contributed by atoms with Gasteiger partial charge in [-0.15, -0.1) is 0 Å². The smallest absolute Gasteiger partial charge is 0.422 e. The molecule has 0 aromatic carbocycles. The van der Waals surface area contributed by atoms with Gasteiger partial charge < -0.3 is 19.4 Å². The van der Waals surface area contributed by atoms with Crippen molar-refractivity contribution in [2.24, 2.45) is 0 Å². The molecule has 2 amide bonds. The van der Waals surface area contributed by atoms with Gasteiger partial charge in [-0.1, -0.05) is 0 Å². The fourth-order valence-electron chi connectivity index (χ4n) is 3.46. The highest BCUT2D eigenvalue weighted by Crippen LogP contribution is 2.34. The third kappa shape index (κ3) is 4.64. The van der Waals surface area contributed by atoms with Crippen molar-refractivity contribution < 1.29 is 31.9 Å². The van der Waals surface area contributed by atoms with Gasteiger partial charge in [0.15, 0.2) is 6.61 Å². The van der Waals surface area contributed by atoms with Crippen LogP contribution in [0.15, 0.2) is 41.4 Å². The molecule has 12 heteroatoms. The van der Waals surface area contributed by atoms with E-state index in [-0.39, 0.29) is 30.0 Å². The number of oxazole rings is 1. The van der Waals surface area contributed by atoms with Gasteiger partial charge in [0.25, 0.3) is 11.8 Å². The summed E-state index contributed by atoms with van der Waals surface area (Å²) >= 11 is 0. The molecule has 0 bridgehead atoms. The van der Waals surface area contributed by atoms with Gasteiger partial charge in [-0.3, -0.25) is 9.59 Å². The number of alkyl halides is 3. The average molecular weight is 461 g/mol. The lowest BCUT2D eigenvalue weighted by molar-refractivity contribution is -0.154. The van der Waals surface area contributed by atoms with Crippen LogP contribution >= 0.6 is 0 Å². The number of halogens is 3. The van der Waals surface area contributed by atoms with Gasteiger partial charge in [-0.05, 0) is 31.5 Å². The molecule has 1 atom stereocenters. The van der Waals surface area contributed by atoms with Gasteiger partial charge in [-0.2, -0.15) is 13.2 Å². The maximum atomic E-state index is 13.0. The third-order valence-electron chi connectivity index (χ3n) is 5.11. The van der Waals surface area contributed by atoms with Crippen LogP contribution in [-0.2, 0) is 6.54 Å². The van der Waals surface area contributed by atoms with Gasteiger partial charge in [-0.25, -0.2) is 15.0 Å². The van der Waals surface area contributed by atoms with Gasteiger partial charge in [0.1, 0.15) is 12.1 Å². The summed E-state index contributed by atoms with van der Waals surface area (Å²) in [5, 5.41) is 2.60. The average Bonchev–Trinajstić information content (AvgIpc) is 3.41. The summed E-state index contributed by atoms with van der Waals surface area (Å²) < 4.78 is 47.0. The maximum absolute atomic E-state index is 13.0. The standard InChI is InChI=1S/C21H18F3N5O4/c1-11-7-13(8-27-18(11)33-10-21(22,23)24)12(2)29-9-15-14(20(29)31)3-4-25-16(15)28-17(30)19-26-5-6-32-19/h3-8,12H,9-10H2,1-2H3,(H,25,28,30). The lowest BCUT2D eigenvalue weighted by Gasteiger charge is -2.25. The number of carbonyl (C=O) groups excluding carboxylic acids is 2. The lowest BCUT2D eigenvalue weighted by Crippen LogP contribution is -2.27. The molecule has 0 fully saturated rings. The highest BCUT2D eigenvalue weighted by Gasteiger charge is 2.34. The summed E-state index contributed by atoms with van der Waals surface area (Å²) in [4.78, 5) is 38.8. The first-order valence-electron chi connectivity index (χ1n) is 9.80. The van der Waals surface area contributed by atoms with Crippen LogP contribution in [-0.4, -0.2) is 44.4 Å². The number of rotatable bonds is 6. The summed E-state index contributed by atoms with van der Waals surface area (Å²) in [5.41, 5.74) is 1.94. The van der Waals surface area contributed by atoms with E-state index >= 15 is 0 Å². The van der Waals surface area contributed by atoms with E-state index in [1.54, 1.807) is 30.9 Å². The summed E-state index contributed by atoms with van der Waals surface area (Å²) in [6.45, 7) is 2.07. The Morgan fingerprint density at radius 2 is 2.09 bits per heavy atom. The van der Waals surface area contributed by atoms with Crippen molar-refractivity contribution in [2.45, 2.75) is 32.6 Å². The maximum Gasteiger partial charge on any atom is 0.422 e. The second-order valence-corrected chi connectivity index (χ2v) is 7.38. The third-order valence-corrected chi connectivity index (χ3v) is 5.11. The number of amides is 2. The minimum absolute atomic E-state index is 0.125. The molecule has 172 valence electrons. The molecule has 4 rings (SSSR count). The van der Waals surface area contributed by atoms with Crippen molar-refractivity contribution in [3.05, 3.63) is 65.1 Å². The number of pyridine rings is 2. The van der Waals surface area contributed by atoms with E-state index < -0.39 is 24.7 Å². The number of nitrogens with one attached hydrogen (secondary N) is 1. The Labute approximate surface area is 185 Å². The number of aryl methyl sites for hydroxylation is 1. The van der Waals surface area contributed by atoms with Crippen LogP contribution in [0.1, 0.15) is 50.7 Å². The predicted molar refractivity (Wildman–Crippen MR) is 108 cm³/mol. The Morgan fingerprint density at radius 3 is 2.76 bits per heavy atom. The van der Waals surface area contributed by atoms with Crippen molar-refractivity contribution in [1.29, 1.82) is 0 Å². The summed E-state index contributed by atoms with van der Waals surface area (Å²) in [7, 11) is 0. The van der Waals surface area contributed by atoms with Gasteiger partial charge in [0.2, 0.25) is 5.88 Å². The molecule has 0 spiro atoms. The van der Waals surface area contributed by atoms with Crippen LogP contribution in [0.3, 0.4) is 0 Å². The molecule has 33 heavy (non-hydrogen) atoms. The molecule has 0 aliphatic carbocycles. The molecule has 0 saturated carbocycles. The Kier molecular flexibility index (Phi) is 5.75. The first-order valence-corrected chi connectivity index (χ1v) is 9.80. The number of anilines is 1. The zero-order valence-corrected chi connectivity index (χ0v) is 17.5. The molecule has 3 aromatic heterocycles. The molecule has 1 unspecified atom stereocenters. The second kappa shape index (κ2) is 8.52. The van der Waals surface area contributed by atoms with Crippen LogP contribution < -0.4 is 10.1 Å². The molecule has 1 N–H and O–H groups in total. The molecule has 3 aromatic rings. The zero-order chi connectivity index (χ0) is 23.8. The van der Waals surface area contributed by atoms with Crippen LogP contribution in [0, 0.1) is 6.92 Å². The minimum atomic E-state index is -4.47. The van der Waals surface area contributed by atoms with Crippen molar-refractivity contribution in [1.82, 2.24) is 19.9 Å². The van der Waals surface area contributed by atoms with Crippen LogP contribution in [0.4, 0.5) is 19.0 Å². The van der Waals surface area contributed by atoms with E-state index in [0.29, 0.717) is 22.3 Å². The van der Waals surface area contributed by atoms with Crippen molar-refractivity contribution in [3.8, 4) is 5.88 Å². The molecule has 0 saturated heterocycles. The first kappa shape index (κ1) is 22.2. The molecule has 9 nitrogen and oxygen atoms in total. The van der Waals surface area contributed by atoms with Gasteiger partial charge in [0, 0.05) is 29.1 Å². The van der Waals surface area contributed by atoms with Crippen molar-refractivity contribution in [2.75, 3.05) is 11.9 Å². The van der Waals surface area contributed by atoms with E-state index in [0.717, 1.165) is 0 Å². The van der Waals surface area contributed by atoms with Gasteiger partial charge in [0.05, 0.1) is 18.8 Å². The van der Waals surface area contributed by atoms with E-state index in [4.69, 9.17) is 9.15 Å². The van der Waals surface area contributed by atoms with E-state index in [1.165, 1.54) is 24.9 Å². The minimum Gasteiger partial charge on any atom is -0.468 e. The van der Waals surface area contributed by atoms with Crippen LogP contribution in [0.5, 0.6) is 5.88 Å². The van der Waals surface area contributed by atoms with E-state index in [9.17, 15) is 22.8 Å². The first-order chi connectivity index (χ1) is 15.6. The van der Waals surface area contributed by atoms with Crippen LogP contribution in [0.25, 0.3) is 0 Å². The fraction of sp³-hybridized carbons (Fsp3) is 0.286. The molecule has 1 aliphatic rings. The lowest BCUT2D eigenvalue weighted by atomic mass is 10.1. The number of carbonyl (C=O) groups is 2. The van der Waals surface area contributed by atoms with Gasteiger partial charge >= 0.3 is 12.1 Å². The summed E-state index contributed by atoms with van der Waals surface area (Å²) in [6, 6.07) is 2.73. The highest BCUT2D eigenvalue weighted by molar-refractivity contribution is 6.04. The number of hydrogen-bond acceptors (Lipinski definition) is 7. The van der Waals surface area contributed by atoms with Crippen molar-refractivity contribution >= 4 is 17.6 Å². The number of ether oxygens (including phenoxy) is 1. The largest absolute Gasteiger partial charge is 0.468 e. The summed E-state index contributed by atoms with van der Waals surface area (Å²) in [5.74, 6) is -0.932. The van der Waals surface area contributed by atoms with E-state index in [2.05, 4.69) is 20.3 Å². The van der Waals surface area contributed by atoms with E-state index in [1.807, 2.05) is 0 Å². The fourth-order valence-corrected chi connectivity index (χ4v) is 3.46. The highest BCUT2D eigenvalue weighted by atomic mass is 19.4. The number of hydrogen-bond donors (Lipinski definition) is 1. The second-order valence-electron chi connectivity index (χ2n) is 7.38. The zero-order valence-electron chi connectivity index (χ0n) is 17.5. The molecule has 1 aliphatic heterocycles. The molecule has 4 heterocycles. The monoisotopic (exact) mass is 461 g/mol. The van der Waals surface area contributed by atoms with Crippen molar-refractivity contribution in [3.63, 3.8) is 0 Å². The normalized spacial score (nSPS) is 14.2. The number of aromatic nitrogens is 3. The Morgan fingerprint density at radius 1 is 1.30 bits per heavy atom. The SMILES string of the molecule is Cc1cc(C(C)N2Cc3c(ccnc3NC(=O)c3ncco3)C2=O)cnc1OCC(F)(F)F. The Balaban J connectivity index is 1.52. The quantitative estimate of drug-likeness (QED) is 0.596. The summed E-state index contributed by atoms with van der Waals surface area (Å²) in [6.07, 6.45) is 0.917. The molecular weight excluding hydrogens is 443 g/mol. The topological polar surface area (TPSA) is 110 Å². The molecule has 0 radical (unpaired) electrons.